The van der Waals surface area contributed by atoms with Crippen molar-refractivity contribution in [3.63, 3.8) is 0 Å². The highest BCUT2D eigenvalue weighted by molar-refractivity contribution is 7.90. The molecule has 1 heterocycles. The van der Waals surface area contributed by atoms with Gasteiger partial charge in [-0.15, -0.1) is 0 Å². The summed E-state index contributed by atoms with van der Waals surface area (Å²) in [5.41, 5.74) is 0.280. The molecular formula is C33H49NO7S. The van der Waals surface area contributed by atoms with E-state index in [0.29, 0.717) is 41.6 Å². The second-order valence-corrected chi connectivity index (χ2v) is 16.4. The van der Waals surface area contributed by atoms with Crippen LogP contribution in [0.4, 0.5) is 0 Å². The number of amides is 1. The Kier molecular flexibility index (Phi) is 7.87. The lowest BCUT2D eigenvalue weighted by molar-refractivity contribution is -0.203. The molecule has 4 aliphatic carbocycles. The summed E-state index contributed by atoms with van der Waals surface area (Å²) in [6, 6.07) is 4.35. The minimum atomic E-state index is -4.00. The molecule has 5 aliphatic rings. The van der Waals surface area contributed by atoms with Gasteiger partial charge in [-0.3, -0.25) is 4.79 Å². The predicted octanol–water partition coefficient (Wildman–Crippen LogP) is 5.26. The molecule has 0 bridgehead atoms. The number of hydrogen-bond acceptors (Lipinski definition) is 7. The first-order valence-corrected chi connectivity index (χ1v) is 17.7. The van der Waals surface area contributed by atoms with Crippen molar-refractivity contribution < 1.29 is 32.9 Å². The van der Waals surface area contributed by atoms with Gasteiger partial charge in [-0.1, -0.05) is 34.1 Å². The van der Waals surface area contributed by atoms with Gasteiger partial charge < -0.3 is 19.7 Å². The van der Waals surface area contributed by atoms with E-state index in [1.165, 1.54) is 12.1 Å². The Balaban J connectivity index is 1.12. The van der Waals surface area contributed by atoms with Gasteiger partial charge in [-0.2, -0.15) is 0 Å². The predicted molar refractivity (Wildman–Crippen MR) is 158 cm³/mol. The summed E-state index contributed by atoms with van der Waals surface area (Å²) in [4.78, 5) is 12.8. The van der Waals surface area contributed by atoms with Crippen molar-refractivity contribution in [2.75, 3.05) is 6.79 Å². The molecule has 0 aromatic heterocycles. The van der Waals surface area contributed by atoms with Gasteiger partial charge in [0.25, 0.3) is 10.0 Å². The number of nitrogens with one attached hydrogen (secondary N) is 1. The number of rotatable bonds is 7. The number of sulfonamides is 1. The fourth-order valence-corrected chi connectivity index (χ4v) is 11.8. The van der Waals surface area contributed by atoms with Crippen LogP contribution in [-0.2, 0) is 14.8 Å². The minimum Gasteiger partial charge on any atom is -0.454 e. The molecule has 234 valence electrons. The molecule has 6 rings (SSSR count). The molecule has 1 aromatic rings. The van der Waals surface area contributed by atoms with Gasteiger partial charge >= 0.3 is 0 Å². The van der Waals surface area contributed by atoms with Crippen LogP contribution < -0.4 is 14.2 Å². The first kappa shape index (κ1) is 30.2. The third-order valence-corrected chi connectivity index (χ3v) is 14.3. The number of benzene rings is 1. The Hall–Kier alpha value is -1.84. The summed E-state index contributed by atoms with van der Waals surface area (Å²) in [5, 5.41) is 22.4. The molecule has 4 fully saturated rings. The first-order valence-electron chi connectivity index (χ1n) is 16.2. The number of aliphatic hydroxyl groups excluding tert-OH is 2. The Labute approximate surface area is 251 Å². The number of hydrogen-bond donors (Lipinski definition) is 3. The standard InChI is InChI=1S/C33H49NO7S/c1-5-22-26-16-20(35)12-14-33(26,4)25-13-15-32(3)23(8-9-24(32)30(25)31(22)37)19(2)6-11-29(36)34-42(38,39)21-7-10-27-28(17-21)41-18-40-27/h7,10,17,19-20,22-26,30-31,35,37H,5-6,8-9,11-16,18H2,1-4H3,(H,34,36)/t19-,20-,22-,23?,24+,25+,26?,30+,31-,32?,33?/m1/s1. The van der Waals surface area contributed by atoms with Gasteiger partial charge in [0.15, 0.2) is 11.5 Å². The molecule has 0 spiro atoms. The lowest BCUT2D eigenvalue weighted by Gasteiger charge is -2.64. The average molecular weight is 604 g/mol. The Morgan fingerprint density at radius 1 is 1.02 bits per heavy atom. The first-order chi connectivity index (χ1) is 19.9. The molecule has 42 heavy (non-hydrogen) atoms. The van der Waals surface area contributed by atoms with E-state index in [4.69, 9.17) is 9.47 Å². The molecule has 0 radical (unpaired) electrons. The lowest BCUT2D eigenvalue weighted by atomic mass is 9.41. The third-order valence-electron chi connectivity index (χ3n) is 12.9. The monoisotopic (exact) mass is 603 g/mol. The van der Waals surface area contributed by atoms with E-state index in [0.717, 1.165) is 51.4 Å². The quantitative estimate of drug-likeness (QED) is 0.389. The molecule has 1 aliphatic heterocycles. The van der Waals surface area contributed by atoms with E-state index in [2.05, 4.69) is 32.4 Å². The molecule has 4 saturated carbocycles. The zero-order valence-corrected chi connectivity index (χ0v) is 26.4. The van der Waals surface area contributed by atoms with E-state index in [-0.39, 0.29) is 58.9 Å². The smallest absolute Gasteiger partial charge is 0.264 e. The molecule has 11 atom stereocenters. The Morgan fingerprint density at radius 3 is 2.50 bits per heavy atom. The summed E-state index contributed by atoms with van der Waals surface area (Å²) in [5.74, 6) is 2.92. The van der Waals surface area contributed by atoms with E-state index in [9.17, 15) is 23.4 Å². The Morgan fingerprint density at radius 2 is 1.74 bits per heavy atom. The maximum absolute atomic E-state index is 12.9. The van der Waals surface area contributed by atoms with Crippen LogP contribution in [-0.4, -0.2) is 43.5 Å². The fourth-order valence-electron chi connectivity index (χ4n) is 10.8. The van der Waals surface area contributed by atoms with Gasteiger partial charge in [-0.05, 0) is 116 Å². The molecule has 0 saturated heterocycles. The maximum Gasteiger partial charge on any atom is 0.264 e. The second kappa shape index (κ2) is 11.0. The van der Waals surface area contributed by atoms with Crippen molar-refractivity contribution >= 4 is 15.9 Å². The van der Waals surface area contributed by atoms with Gasteiger partial charge in [0.2, 0.25) is 12.7 Å². The van der Waals surface area contributed by atoms with E-state index in [1.807, 2.05) is 0 Å². The topological polar surface area (TPSA) is 122 Å². The third kappa shape index (κ3) is 4.86. The van der Waals surface area contributed by atoms with Crippen LogP contribution in [0.1, 0.15) is 91.9 Å². The zero-order valence-electron chi connectivity index (χ0n) is 25.6. The number of carbonyl (C=O) groups excluding carboxylic acids is 1. The SMILES string of the molecule is CC[C@@H]1C2C[C@H](O)CCC2(C)[C@H]2CCC3(C)C([C@H](C)CCC(=O)NS(=O)(=O)c4ccc5c(c4)OCO5)CC[C@H]3[C@@H]2[C@@H]1O. The summed E-state index contributed by atoms with van der Waals surface area (Å²) < 4.78 is 38.6. The van der Waals surface area contributed by atoms with E-state index in [1.54, 1.807) is 6.07 Å². The number of carbonyl (C=O) groups is 1. The largest absolute Gasteiger partial charge is 0.454 e. The van der Waals surface area contributed by atoms with Gasteiger partial charge in [0, 0.05) is 12.5 Å². The minimum absolute atomic E-state index is 0.0177. The van der Waals surface area contributed by atoms with Gasteiger partial charge in [-0.25, -0.2) is 13.1 Å². The summed E-state index contributed by atoms with van der Waals surface area (Å²) in [6.07, 6.45) is 8.35. The Bertz CT molecular complexity index is 1300. The van der Waals surface area contributed by atoms with Crippen LogP contribution >= 0.6 is 0 Å². The zero-order chi connectivity index (χ0) is 30.0. The average Bonchev–Trinajstić information content (AvgIpc) is 3.56. The lowest BCUT2D eigenvalue weighted by Crippen LogP contribution is -2.62. The highest BCUT2D eigenvalue weighted by Gasteiger charge is 2.64. The van der Waals surface area contributed by atoms with Gasteiger partial charge in [0.05, 0.1) is 17.1 Å². The molecule has 3 N–H and O–H groups in total. The van der Waals surface area contributed by atoms with Crippen LogP contribution in [0.5, 0.6) is 11.5 Å². The molecule has 9 heteroatoms. The van der Waals surface area contributed by atoms with E-state index >= 15 is 0 Å². The van der Waals surface area contributed by atoms with Crippen LogP contribution in [0.2, 0.25) is 0 Å². The van der Waals surface area contributed by atoms with Crippen LogP contribution in [0.15, 0.2) is 23.1 Å². The highest BCUT2D eigenvalue weighted by atomic mass is 32.2. The van der Waals surface area contributed by atoms with Crippen molar-refractivity contribution in [2.45, 2.75) is 109 Å². The van der Waals surface area contributed by atoms with Crippen LogP contribution in [0.25, 0.3) is 0 Å². The molecule has 1 aromatic carbocycles. The fraction of sp³-hybridized carbons (Fsp3) is 0.788. The van der Waals surface area contributed by atoms with Gasteiger partial charge in [0.1, 0.15) is 0 Å². The maximum atomic E-state index is 12.9. The van der Waals surface area contributed by atoms with Crippen molar-refractivity contribution in [1.29, 1.82) is 0 Å². The van der Waals surface area contributed by atoms with Crippen molar-refractivity contribution in [3.8, 4) is 11.5 Å². The molecule has 8 nitrogen and oxygen atoms in total. The molecule has 1 amide bonds. The van der Waals surface area contributed by atoms with Crippen molar-refractivity contribution in [3.05, 3.63) is 18.2 Å². The number of fused-ring (bicyclic) bond motifs is 6. The number of ether oxygens (including phenoxy) is 2. The number of aliphatic hydroxyl groups is 2. The normalized spacial score (nSPS) is 41.4. The van der Waals surface area contributed by atoms with Crippen molar-refractivity contribution in [2.24, 2.45) is 52.3 Å². The summed E-state index contributed by atoms with van der Waals surface area (Å²) in [6.45, 7) is 9.36. The molecule has 4 unspecified atom stereocenters. The van der Waals surface area contributed by atoms with E-state index < -0.39 is 15.9 Å². The highest BCUT2D eigenvalue weighted by Crippen LogP contribution is 2.69. The van der Waals surface area contributed by atoms with Crippen LogP contribution in [0.3, 0.4) is 0 Å². The van der Waals surface area contributed by atoms with Crippen LogP contribution in [0, 0.1) is 52.3 Å². The molecular weight excluding hydrogens is 554 g/mol. The second-order valence-electron chi connectivity index (χ2n) is 14.7. The van der Waals surface area contributed by atoms with Crippen molar-refractivity contribution in [1.82, 2.24) is 4.72 Å². The summed E-state index contributed by atoms with van der Waals surface area (Å²) >= 11 is 0. The summed E-state index contributed by atoms with van der Waals surface area (Å²) in [7, 11) is -4.00.